The highest BCUT2D eigenvalue weighted by molar-refractivity contribution is 5.88. The summed E-state index contributed by atoms with van der Waals surface area (Å²) in [6.07, 6.45) is 1.63. The lowest BCUT2D eigenvalue weighted by atomic mass is 10.1. The first kappa shape index (κ1) is 14.8. The van der Waals surface area contributed by atoms with Gasteiger partial charge in [-0.25, -0.2) is 4.98 Å². The van der Waals surface area contributed by atoms with Crippen LogP contribution in [0, 0.1) is 6.92 Å². The molecule has 1 heterocycles. The molecule has 5 heteroatoms. The van der Waals surface area contributed by atoms with Crippen LogP contribution in [0.2, 0.25) is 0 Å². The van der Waals surface area contributed by atoms with Crippen molar-refractivity contribution in [2.75, 3.05) is 16.4 Å². The quantitative estimate of drug-likeness (QED) is 0.806. The number of nitrogens with two attached hydrogens (primary N) is 1. The fraction of sp³-hybridized carbons (Fsp3) is 0.250. The van der Waals surface area contributed by atoms with Gasteiger partial charge in [-0.1, -0.05) is 12.1 Å². The molecule has 21 heavy (non-hydrogen) atoms. The van der Waals surface area contributed by atoms with Gasteiger partial charge in [-0.2, -0.15) is 0 Å². The molecule has 0 saturated heterocycles. The molecular weight excluding hydrogens is 264 g/mol. The number of nitrogens with one attached hydrogen (secondary N) is 2. The highest BCUT2D eigenvalue weighted by atomic mass is 16.1. The summed E-state index contributed by atoms with van der Waals surface area (Å²) in [7, 11) is 0. The standard InChI is InChI=1S/C16H20N4O/c1-10-7-14(17)9-18-16(10)19-11(2)13-5-4-6-15(8-13)20-12(3)21/h4-9,11H,17H2,1-3H3,(H,18,19)(H,20,21). The Labute approximate surface area is 124 Å². The van der Waals surface area contributed by atoms with Crippen molar-refractivity contribution >= 4 is 23.1 Å². The van der Waals surface area contributed by atoms with Crippen LogP contribution < -0.4 is 16.4 Å². The summed E-state index contributed by atoms with van der Waals surface area (Å²) in [5, 5.41) is 6.14. The van der Waals surface area contributed by atoms with Crippen molar-refractivity contribution in [1.29, 1.82) is 0 Å². The van der Waals surface area contributed by atoms with E-state index in [0.717, 1.165) is 22.6 Å². The highest BCUT2D eigenvalue weighted by Crippen LogP contribution is 2.23. The number of nitrogens with zero attached hydrogens (tertiary/aromatic N) is 1. The number of carbonyl (C=O) groups is 1. The molecule has 5 nitrogen and oxygen atoms in total. The van der Waals surface area contributed by atoms with Gasteiger partial charge >= 0.3 is 0 Å². The molecule has 2 aromatic rings. The number of amides is 1. The zero-order chi connectivity index (χ0) is 15.4. The van der Waals surface area contributed by atoms with Gasteiger partial charge in [0.25, 0.3) is 0 Å². The van der Waals surface area contributed by atoms with Gasteiger partial charge < -0.3 is 16.4 Å². The number of hydrogen-bond acceptors (Lipinski definition) is 4. The molecule has 0 aliphatic heterocycles. The summed E-state index contributed by atoms with van der Waals surface area (Å²) in [6, 6.07) is 9.69. The molecule has 1 unspecified atom stereocenters. The molecule has 2 rings (SSSR count). The van der Waals surface area contributed by atoms with E-state index in [1.165, 1.54) is 6.92 Å². The van der Waals surface area contributed by atoms with Crippen molar-refractivity contribution < 1.29 is 4.79 Å². The average molecular weight is 284 g/mol. The topological polar surface area (TPSA) is 80.0 Å². The lowest BCUT2D eigenvalue weighted by Crippen LogP contribution is -2.11. The van der Waals surface area contributed by atoms with Crippen LogP contribution in [0.5, 0.6) is 0 Å². The lowest BCUT2D eigenvalue weighted by Gasteiger charge is -2.17. The molecule has 0 aliphatic carbocycles. The van der Waals surface area contributed by atoms with Crippen molar-refractivity contribution in [2.24, 2.45) is 0 Å². The van der Waals surface area contributed by atoms with E-state index in [9.17, 15) is 4.79 Å². The summed E-state index contributed by atoms with van der Waals surface area (Å²) in [6.45, 7) is 5.51. The maximum absolute atomic E-state index is 11.1. The first-order valence-corrected chi connectivity index (χ1v) is 6.82. The monoisotopic (exact) mass is 284 g/mol. The minimum Gasteiger partial charge on any atom is -0.397 e. The number of aromatic nitrogens is 1. The van der Waals surface area contributed by atoms with Gasteiger partial charge in [0.2, 0.25) is 5.91 Å². The highest BCUT2D eigenvalue weighted by Gasteiger charge is 2.09. The summed E-state index contributed by atoms with van der Waals surface area (Å²) < 4.78 is 0. The lowest BCUT2D eigenvalue weighted by molar-refractivity contribution is -0.114. The predicted molar refractivity (Wildman–Crippen MR) is 86.2 cm³/mol. The molecule has 0 radical (unpaired) electrons. The van der Waals surface area contributed by atoms with Crippen molar-refractivity contribution in [3.8, 4) is 0 Å². The fourth-order valence-electron chi connectivity index (χ4n) is 2.13. The molecule has 1 amide bonds. The number of rotatable bonds is 4. The normalized spacial score (nSPS) is 11.8. The van der Waals surface area contributed by atoms with E-state index in [1.807, 2.05) is 44.2 Å². The van der Waals surface area contributed by atoms with Crippen LogP contribution in [0.15, 0.2) is 36.5 Å². The van der Waals surface area contributed by atoms with Crippen molar-refractivity contribution in [2.45, 2.75) is 26.8 Å². The third kappa shape index (κ3) is 3.95. The number of carbonyl (C=O) groups excluding carboxylic acids is 1. The van der Waals surface area contributed by atoms with E-state index < -0.39 is 0 Å². The van der Waals surface area contributed by atoms with Gasteiger partial charge in [0.1, 0.15) is 5.82 Å². The van der Waals surface area contributed by atoms with Crippen LogP contribution in [0.3, 0.4) is 0 Å². The summed E-state index contributed by atoms with van der Waals surface area (Å²) in [5.41, 5.74) is 9.21. The molecule has 0 aliphatic rings. The van der Waals surface area contributed by atoms with Crippen LogP contribution in [-0.4, -0.2) is 10.9 Å². The Morgan fingerprint density at radius 1 is 1.33 bits per heavy atom. The zero-order valence-corrected chi connectivity index (χ0v) is 12.5. The molecule has 1 aromatic carbocycles. The fourth-order valence-corrected chi connectivity index (χ4v) is 2.13. The van der Waals surface area contributed by atoms with E-state index >= 15 is 0 Å². The first-order valence-electron chi connectivity index (χ1n) is 6.82. The van der Waals surface area contributed by atoms with Gasteiger partial charge in [0, 0.05) is 12.6 Å². The zero-order valence-electron chi connectivity index (χ0n) is 12.5. The maximum atomic E-state index is 11.1. The Bertz CT molecular complexity index is 654. The second kappa shape index (κ2) is 6.26. The molecule has 0 spiro atoms. The minimum atomic E-state index is -0.0798. The number of pyridine rings is 1. The number of nitrogen functional groups attached to an aromatic ring is 1. The number of benzene rings is 1. The number of hydrogen-bond donors (Lipinski definition) is 3. The van der Waals surface area contributed by atoms with Crippen LogP contribution in [-0.2, 0) is 4.79 Å². The largest absolute Gasteiger partial charge is 0.397 e. The van der Waals surface area contributed by atoms with Crippen molar-refractivity contribution in [3.05, 3.63) is 47.7 Å². The van der Waals surface area contributed by atoms with E-state index in [-0.39, 0.29) is 11.9 Å². The predicted octanol–water partition coefficient (Wildman–Crippen LogP) is 3.10. The third-order valence-corrected chi connectivity index (χ3v) is 3.16. The van der Waals surface area contributed by atoms with Gasteiger partial charge in [-0.05, 0) is 43.2 Å². The van der Waals surface area contributed by atoms with Crippen molar-refractivity contribution in [3.63, 3.8) is 0 Å². The average Bonchev–Trinajstić information content (AvgIpc) is 2.41. The smallest absolute Gasteiger partial charge is 0.221 e. The number of aryl methyl sites for hydroxylation is 1. The molecule has 4 N–H and O–H groups in total. The molecule has 1 atom stereocenters. The van der Waals surface area contributed by atoms with Crippen LogP contribution in [0.25, 0.3) is 0 Å². The summed E-state index contributed by atoms with van der Waals surface area (Å²) >= 11 is 0. The molecule has 110 valence electrons. The third-order valence-electron chi connectivity index (χ3n) is 3.16. The van der Waals surface area contributed by atoms with Crippen molar-refractivity contribution in [1.82, 2.24) is 4.98 Å². The van der Waals surface area contributed by atoms with Crippen LogP contribution >= 0.6 is 0 Å². The maximum Gasteiger partial charge on any atom is 0.221 e. The van der Waals surface area contributed by atoms with E-state index in [1.54, 1.807) is 6.20 Å². The number of anilines is 3. The Kier molecular flexibility index (Phi) is 4.42. The second-order valence-electron chi connectivity index (χ2n) is 5.11. The Morgan fingerprint density at radius 2 is 2.10 bits per heavy atom. The molecule has 1 aromatic heterocycles. The summed E-state index contributed by atoms with van der Waals surface area (Å²) in [4.78, 5) is 15.4. The van der Waals surface area contributed by atoms with E-state index in [2.05, 4.69) is 15.6 Å². The Morgan fingerprint density at radius 3 is 2.76 bits per heavy atom. The minimum absolute atomic E-state index is 0.0635. The second-order valence-corrected chi connectivity index (χ2v) is 5.11. The van der Waals surface area contributed by atoms with E-state index in [4.69, 9.17) is 5.73 Å². The Balaban J connectivity index is 2.16. The summed E-state index contributed by atoms with van der Waals surface area (Å²) in [5.74, 6) is 0.727. The van der Waals surface area contributed by atoms with Gasteiger partial charge in [-0.3, -0.25) is 4.79 Å². The first-order chi connectivity index (χ1) is 9.95. The van der Waals surface area contributed by atoms with Crippen LogP contribution in [0.1, 0.15) is 31.0 Å². The molecule has 0 fully saturated rings. The van der Waals surface area contributed by atoms with Gasteiger partial charge in [0.05, 0.1) is 17.9 Å². The molecule has 0 saturated carbocycles. The molecular formula is C16H20N4O. The van der Waals surface area contributed by atoms with Gasteiger partial charge in [0.15, 0.2) is 0 Å². The Hall–Kier alpha value is -2.56. The van der Waals surface area contributed by atoms with Gasteiger partial charge in [-0.15, -0.1) is 0 Å². The van der Waals surface area contributed by atoms with Crippen LogP contribution in [0.4, 0.5) is 17.2 Å². The molecule has 0 bridgehead atoms. The van der Waals surface area contributed by atoms with E-state index in [0.29, 0.717) is 5.69 Å². The SMILES string of the molecule is CC(=O)Nc1cccc(C(C)Nc2ncc(N)cc2C)c1.